The first-order valence-electron chi connectivity index (χ1n) is 10.5. The summed E-state index contributed by atoms with van der Waals surface area (Å²) in [5.41, 5.74) is 1.36. The van der Waals surface area contributed by atoms with Gasteiger partial charge in [-0.3, -0.25) is 24.8 Å². The summed E-state index contributed by atoms with van der Waals surface area (Å²) in [5, 5.41) is 23.4. The van der Waals surface area contributed by atoms with Gasteiger partial charge in [0.25, 0.3) is 16.7 Å². The predicted molar refractivity (Wildman–Crippen MR) is 122 cm³/mol. The second kappa shape index (κ2) is 8.78. The van der Waals surface area contributed by atoms with Crippen molar-refractivity contribution >= 4 is 40.4 Å². The molecule has 2 fully saturated rings. The number of hydrogen-bond donors (Lipinski definition) is 3. The molecule has 2 aromatic rings. The van der Waals surface area contributed by atoms with Gasteiger partial charge < -0.3 is 5.11 Å². The van der Waals surface area contributed by atoms with Crippen molar-refractivity contribution in [3.63, 3.8) is 0 Å². The van der Waals surface area contributed by atoms with E-state index in [9.17, 15) is 19.5 Å². The minimum Gasteiger partial charge on any atom is -0.506 e. The van der Waals surface area contributed by atoms with E-state index in [-0.39, 0.29) is 33.6 Å². The number of aromatic hydroxyl groups is 1. The van der Waals surface area contributed by atoms with Crippen molar-refractivity contribution in [1.29, 1.82) is 0 Å². The minimum absolute atomic E-state index is 0.120. The third-order valence-corrected chi connectivity index (χ3v) is 7.01. The number of benzene rings is 1. The number of phenolic OH excluding ortho intramolecular Hbond substituents is 1. The molecule has 0 spiro atoms. The third kappa shape index (κ3) is 4.40. The van der Waals surface area contributed by atoms with Gasteiger partial charge in [-0.15, -0.1) is 10.2 Å². The van der Waals surface area contributed by atoms with Crippen LogP contribution in [0.15, 0.2) is 38.1 Å². The maximum Gasteiger partial charge on any atom is 0.294 e. The average Bonchev–Trinajstić information content (AvgIpc) is 3.20. The number of aromatic amines is 1. The molecule has 10 heteroatoms. The molecule has 3 unspecified atom stereocenters. The summed E-state index contributed by atoms with van der Waals surface area (Å²) in [5.74, 6) is 0.582. The summed E-state index contributed by atoms with van der Waals surface area (Å²) in [6.45, 7) is 6.25. The lowest BCUT2D eigenvalue weighted by Gasteiger charge is -2.32. The van der Waals surface area contributed by atoms with E-state index in [1.807, 2.05) is 0 Å². The highest BCUT2D eigenvalue weighted by atomic mass is 32.2. The van der Waals surface area contributed by atoms with Crippen LogP contribution in [0.4, 0.5) is 16.2 Å². The van der Waals surface area contributed by atoms with Crippen LogP contribution in [0.25, 0.3) is 6.08 Å². The minimum atomic E-state index is -0.468. The number of amides is 2. The van der Waals surface area contributed by atoms with Gasteiger partial charge in [-0.05, 0) is 73.6 Å². The Bertz CT molecular complexity index is 1200. The van der Waals surface area contributed by atoms with Gasteiger partial charge >= 0.3 is 0 Å². The van der Waals surface area contributed by atoms with Crippen LogP contribution >= 0.6 is 11.8 Å². The fourth-order valence-corrected chi connectivity index (χ4v) is 4.76. The highest BCUT2D eigenvalue weighted by Gasteiger charge is 2.28. The Hall–Kier alpha value is -3.14. The molecular formula is C22H25N5O4S. The molecule has 1 saturated heterocycles. The average molecular weight is 456 g/mol. The summed E-state index contributed by atoms with van der Waals surface area (Å²) in [6.07, 6.45) is 4.48. The summed E-state index contributed by atoms with van der Waals surface area (Å²) in [7, 11) is 0. The van der Waals surface area contributed by atoms with Gasteiger partial charge in [0.15, 0.2) is 5.69 Å². The summed E-state index contributed by atoms with van der Waals surface area (Å²) in [4.78, 5) is 36.1. The molecule has 3 atom stereocenters. The Morgan fingerprint density at radius 2 is 1.94 bits per heavy atom. The second-order valence-electron chi connectivity index (χ2n) is 8.48. The van der Waals surface area contributed by atoms with Gasteiger partial charge in [-0.2, -0.15) is 0 Å². The molecule has 1 aromatic heterocycles. The molecule has 168 valence electrons. The smallest absolute Gasteiger partial charge is 0.294 e. The number of carbonyl (C=O) groups excluding carboxylic acids is 2. The maximum atomic E-state index is 12.9. The van der Waals surface area contributed by atoms with E-state index in [4.69, 9.17) is 0 Å². The van der Waals surface area contributed by atoms with E-state index >= 15 is 0 Å². The monoisotopic (exact) mass is 455 g/mol. The van der Waals surface area contributed by atoms with Crippen molar-refractivity contribution in [2.45, 2.75) is 46.1 Å². The number of nitrogens with one attached hydrogen (secondary N) is 2. The van der Waals surface area contributed by atoms with Gasteiger partial charge in [0.2, 0.25) is 0 Å². The SMILES string of the molecule is Cc1[nH]n(C2CCC(C)C(C)C2)c(=O)c1N=Nc1ccc(C=C2SC(=O)NC2=O)cc1O. The maximum absolute atomic E-state index is 12.9. The van der Waals surface area contributed by atoms with Crippen LogP contribution in [-0.4, -0.2) is 26.0 Å². The van der Waals surface area contributed by atoms with Crippen LogP contribution in [0, 0.1) is 18.8 Å². The Balaban J connectivity index is 1.54. The van der Waals surface area contributed by atoms with Crippen molar-refractivity contribution in [2.75, 3.05) is 0 Å². The van der Waals surface area contributed by atoms with Crippen molar-refractivity contribution in [3.8, 4) is 5.75 Å². The molecular weight excluding hydrogens is 430 g/mol. The van der Waals surface area contributed by atoms with E-state index in [2.05, 4.69) is 34.5 Å². The van der Waals surface area contributed by atoms with Gasteiger partial charge in [-0.25, -0.2) is 4.68 Å². The topological polar surface area (TPSA) is 129 Å². The standard InChI is InChI=1S/C22H25N5O4S/c1-11-4-6-15(8-12(11)2)27-21(30)19(13(3)26-27)25-24-16-7-5-14(9-17(16)28)10-18-20(29)23-22(31)32-18/h5,7,9-12,15,26,28H,4,6,8H2,1-3H3,(H,23,29,31). The number of phenols is 1. The zero-order valence-electron chi connectivity index (χ0n) is 18.1. The molecule has 1 saturated carbocycles. The molecule has 9 nitrogen and oxygen atoms in total. The normalized spacial score (nSPS) is 25.1. The molecule has 1 aromatic carbocycles. The molecule has 2 heterocycles. The van der Waals surface area contributed by atoms with Gasteiger partial charge in [0.05, 0.1) is 16.6 Å². The van der Waals surface area contributed by atoms with Crippen molar-refractivity contribution in [1.82, 2.24) is 15.1 Å². The molecule has 4 rings (SSSR count). The molecule has 2 aliphatic rings. The summed E-state index contributed by atoms with van der Waals surface area (Å²) < 4.78 is 1.66. The fourth-order valence-electron chi connectivity index (χ4n) is 4.08. The third-order valence-electron chi connectivity index (χ3n) is 6.20. The van der Waals surface area contributed by atoms with Crippen LogP contribution in [0.2, 0.25) is 0 Å². The zero-order chi connectivity index (χ0) is 23.0. The number of imide groups is 1. The van der Waals surface area contributed by atoms with Crippen LogP contribution in [0.5, 0.6) is 5.75 Å². The van der Waals surface area contributed by atoms with Crippen LogP contribution in [0.3, 0.4) is 0 Å². The highest BCUT2D eigenvalue weighted by molar-refractivity contribution is 8.18. The number of hydrogen-bond acceptors (Lipinski definition) is 7. The zero-order valence-corrected chi connectivity index (χ0v) is 18.9. The number of nitrogens with zero attached hydrogens (tertiary/aromatic N) is 3. The molecule has 2 amide bonds. The Morgan fingerprint density at radius 3 is 2.59 bits per heavy atom. The summed E-state index contributed by atoms with van der Waals surface area (Å²) >= 11 is 0.801. The second-order valence-corrected chi connectivity index (χ2v) is 9.50. The Kier molecular flexibility index (Phi) is 6.05. The molecule has 1 aliphatic heterocycles. The largest absolute Gasteiger partial charge is 0.506 e. The molecule has 3 N–H and O–H groups in total. The first kappa shape index (κ1) is 22.1. The quantitative estimate of drug-likeness (QED) is 0.445. The number of azo groups is 1. The predicted octanol–water partition coefficient (Wildman–Crippen LogP) is 4.93. The number of thioether (sulfide) groups is 1. The van der Waals surface area contributed by atoms with Crippen molar-refractivity contribution < 1.29 is 14.7 Å². The summed E-state index contributed by atoms with van der Waals surface area (Å²) in [6, 6.07) is 4.72. The molecule has 32 heavy (non-hydrogen) atoms. The number of rotatable bonds is 4. The number of aromatic nitrogens is 2. The lowest BCUT2D eigenvalue weighted by Crippen LogP contribution is -2.29. The highest BCUT2D eigenvalue weighted by Crippen LogP contribution is 2.36. The van der Waals surface area contributed by atoms with Crippen LogP contribution < -0.4 is 10.9 Å². The molecule has 0 bridgehead atoms. The van der Waals surface area contributed by atoms with Gasteiger partial charge in [0.1, 0.15) is 11.4 Å². The lowest BCUT2D eigenvalue weighted by molar-refractivity contribution is -0.115. The Morgan fingerprint density at radius 1 is 1.16 bits per heavy atom. The van der Waals surface area contributed by atoms with Crippen molar-refractivity contribution in [2.24, 2.45) is 22.1 Å². The molecule has 0 radical (unpaired) electrons. The number of H-pyrrole nitrogens is 1. The van der Waals surface area contributed by atoms with Crippen LogP contribution in [0.1, 0.15) is 50.4 Å². The van der Waals surface area contributed by atoms with Gasteiger partial charge in [-0.1, -0.05) is 19.9 Å². The first-order valence-corrected chi connectivity index (χ1v) is 11.3. The van der Waals surface area contributed by atoms with E-state index < -0.39 is 11.1 Å². The number of carbonyl (C=O) groups is 2. The number of aryl methyl sites for hydroxylation is 1. The van der Waals surface area contributed by atoms with Gasteiger partial charge in [0, 0.05) is 0 Å². The van der Waals surface area contributed by atoms with Crippen molar-refractivity contribution in [3.05, 3.63) is 44.7 Å². The first-order chi connectivity index (χ1) is 15.2. The van der Waals surface area contributed by atoms with Crippen LogP contribution in [-0.2, 0) is 4.79 Å². The Labute approximate surface area is 189 Å². The van der Waals surface area contributed by atoms with E-state index in [0.717, 1.165) is 31.0 Å². The van der Waals surface area contributed by atoms with E-state index in [0.29, 0.717) is 23.1 Å². The lowest BCUT2D eigenvalue weighted by atomic mass is 9.79. The van der Waals surface area contributed by atoms with E-state index in [1.165, 1.54) is 18.2 Å². The molecule has 1 aliphatic carbocycles. The fraction of sp³-hybridized carbons (Fsp3) is 0.409. The van der Waals surface area contributed by atoms with E-state index in [1.54, 1.807) is 17.7 Å².